The van der Waals surface area contributed by atoms with E-state index in [-0.39, 0.29) is 5.97 Å². The zero-order valence-corrected chi connectivity index (χ0v) is 10.1. The van der Waals surface area contributed by atoms with Gasteiger partial charge in [-0.25, -0.2) is 0 Å². The normalized spacial score (nSPS) is 10.1. The van der Waals surface area contributed by atoms with Crippen LogP contribution < -0.4 is 0 Å². The lowest BCUT2D eigenvalue weighted by atomic mass is 10.1. The van der Waals surface area contributed by atoms with Gasteiger partial charge in [0.15, 0.2) is 0 Å². The Hall–Kier alpha value is -1.02. The van der Waals surface area contributed by atoms with E-state index >= 15 is 0 Å². The predicted molar refractivity (Wildman–Crippen MR) is 65.7 cm³/mol. The molecule has 0 spiro atoms. The van der Waals surface area contributed by atoms with Crippen LogP contribution in [0.25, 0.3) is 0 Å². The molecule has 0 saturated heterocycles. The van der Waals surface area contributed by atoms with Crippen LogP contribution in [0.3, 0.4) is 0 Å². The largest absolute Gasteiger partial charge is 0.466 e. The molecule has 1 rings (SSSR count). The van der Waals surface area contributed by atoms with Crippen molar-refractivity contribution in [2.75, 3.05) is 12.5 Å². The maximum atomic E-state index is 11.1. The second kappa shape index (κ2) is 8.17. The fourth-order valence-corrected chi connectivity index (χ4v) is 1.52. The summed E-state index contributed by atoms with van der Waals surface area (Å²) >= 11 is 5.48. The van der Waals surface area contributed by atoms with Crippen molar-refractivity contribution in [3.63, 3.8) is 0 Å². The van der Waals surface area contributed by atoms with Crippen molar-refractivity contribution >= 4 is 17.6 Å². The molecule has 16 heavy (non-hydrogen) atoms. The molecule has 2 nitrogen and oxygen atoms in total. The molecular weight excluding hydrogens is 224 g/mol. The summed E-state index contributed by atoms with van der Waals surface area (Å²) in [6.07, 6.45) is 2.94. The third-order valence-corrected chi connectivity index (χ3v) is 2.50. The number of hydrogen-bond acceptors (Lipinski definition) is 2. The number of carbonyl (C=O) groups is 1. The van der Waals surface area contributed by atoms with Gasteiger partial charge in [0, 0.05) is 12.3 Å². The van der Waals surface area contributed by atoms with E-state index in [9.17, 15) is 4.79 Å². The number of esters is 1. The Balaban J connectivity index is 2.06. The fourth-order valence-electron chi connectivity index (χ4n) is 1.39. The highest BCUT2D eigenvalue weighted by atomic mass is 35.5. The number of halogens is 1. The van der Waals surface area contributed by atoms with Gasteiger partial charge in [-0.15, -0.1) is 11.6 Å². The number of benzene rings is 1. The molecule has 0 fully saturated rings. The Morgan fingerprint density at radius 2 is 1.94 bits per heavy atom. The van der Waals surface area contributed by atoms with Crippen molar-refractivity contribution in [2.45, 2.75) is 25.7 Å². The third-order valence-electron chi connectivity index (χ3n) is 2.23. The molecule has 0 amide bonds. The Morgan fingerprint density at radius 1 is 1.19 bits per heavy atom. The van der Waals surface area contributed by atoms with Crippen molar-refractivity contribution in [3.05, 3.63) is 35.9 Å². The molecule has 0 aromatic heterocycles. The van der Waals surface area contributed by atoms with Crippen LogP contribution >= 0.6 is 11.6 Å². The Labute approximate surface area is 102 Å². The molecule has 0 atom stereocenters. The van der Waals surface area contributed by atoms with Crippen LogP contribution in [0.4, 0.5) is 0 Å². The lowest BCUT2D eigenvalue weighted by Crippen LogP contribution is -2.06. The number of rotatable bonds is 7. The summed E-state index contributed by atoms with van der Waals surface area (Å²) in [5.41, 5.74) is 1.28. The molecule has 3 heteroatoms. The number of ether oxygens (including phenoxy) is 1. The number of aryl methyl sites for hydroxylation is 1. The first kappa shape index (κ1) is 13.0. The van der Waals surface area contributed by atoms with Crippen molar-refractivity contribution in [3.8, 4) is 0 Å². The number of hydrogen-bond donors (Lipinski definition) is 0. The monoisotopic (exact) mass is 240 g/mol. The van der Waals surface area contributed by atoms with Crippen LogP contribution in [0.2, 0.25) is 0 Å². The highest BCUT2D eigenvalue weighted by Gasteiger charge is 2.01. The zero-order valence-electron chi connectivity index (χ0n) is 9.32. The molecule has 1 aromatic carbocycles. The molecule has 0 bridgehead atoms. The maximum absolute atomic E-state index is 11.1. The highest BCUT2D eigenvalue weighted by molar-refractivity contribution is 6.17. The van der Waals surface area contributed by atoms with Gasteiger partial charge in [0.1, 0.15) is 0 Å². The number of carbonyl (C=O) groups excluding carboxylic acids is 1. The lowest BCUT2D eigenvalue weighted by molar-refractivity contribution is -0.143. The van der Waals surface area contributed by atoms with E-state index < -0.39 is 0 Å². The second-order valence-corrected chi connectivity index (χ2v) is 3.98. The highest BCUT2D eigenvalue weighted by Crippen LogP contribution is 2.03. The third kappa shape index (κ3) is 5.76. The minimum absolute atomic E-state index is 0.145. The Bertz CT molecular complexity index is 298. The first-order chi connectivity index (χ1) is 7.83. The number of alkyl halides is 1. The summed E-state index contributed by atoms with van der Waals surface area (Å²) in [5, 5.41) is 0. The second-order valence-electron chi connectivity index (χ2n) is 3.60. The molecule has 0 aliphatic rings. The molecule has 0 aliphatic heterocycles. The lowest BCUT2D eigenvalue weighted by Gasteiger charge is -2.04. The average molecular weight is 241 g/mol. The minimum Gasteiger partial charge on any atom is -0.466 e. The molecule has 1 aromatic rings. The van der Waals surface area contributed by atoms with Gasteiger partial charge >= 0.3 is 5.97 Å². The molecule has 88 valence electrons. The van der Waals surface area contributed by atoms with E-state index in [4.69, 9.17) is 16.3 Å². The summed E-state index contributed by atoms with van der Waals surface area (Å²) in [5.74, 6) is 0.368. The van der Waals surface area contributed by atoms with Crippen LogP contribution in [0.5, 0.6) is 0 Å². The topological polar surface area (TPSA) is 26.3 Å². The van der Waals surface area contributed by atoms with Gasteiger partial charge in [-0.05, 0) is 24.8 Å². The molecule has 0 N–H and O–H groups in total. The van der Waals surface area contributed by atoms with E-state index in [1.54, 1.807) is 0 Å². The molecule has 0 saturated carbocycles. The van der Waals surface area contributed by atoms with Crippen molar-refractivity contribution in [1.29, 1.82) is 0 Å². The Kier molecular flexibility index (Phi) is 6.66. The van der Waals surface area contributed by atoms with Crippen molar-refractivity contribution < 1.29 is 9.53 Å². The average Bonchev–Trinajstić information content (AvgIpc) is 2.33. The molecule has 0 radical (unpaired) electrons. The molecule has 0 aliphatic carbocycles. The van der Waals surface area contributed by atoms with E-state index in [1.165, 1.54) is 5.56 Å². The smallest absolute Gasteiger partial charge is 0.305 e. The predicted octanol–water partition coefficient (Wildman–Crippen LogP) is 3.18. The first-order valence-electron chi connectivity index (χ1n) is 5.58. The Morgan fingerprint density at radius 3 is 2.62 bits per heavy atom. The van der Waals surface area contributed by atoms with E-state index in [1.807, 2.05) is 18.2 Å². The van der Waals surface area contributed by atoms with Crippen molar-refractivity contribution in [1.82, 2.24) is 0 Å². The molecule has 0 heterocycles. The van der Waals surface area contributed by atoms with Crippen LogP contribution in [0.1, 0.15) is 24.8 Å². The SMILES string of the molecule is O=C(CCCCl)OCCCc1ccccc1. The quantitative estimate of drug-likeness (QED) is 0.416. The van der Waals surface area contributed by atoms with Crippen LogP contribution in [0, 0.1) is 0 Å². The minimum atomic E-state index is -0.145. The summed E-state index contributed by atoms with van der Waals surface area (Å²) in [4.78, 5) is 11.1. The van der Waals surface area contributed by atoms with Crippen molar-refractivity contribution in [2.24, 2.45) is 0 Å². The summed E-state index contributed by atoms with van der Waals surface area (Å²) < 4.78 is 5.07. The summed E-state index contributed by atoms with van der Waals surface area (Å²) in [6, 6.07) is 10.2. The zero-order chi connectivity index (χ0) is 11.6. The van der Waals surface area contributed by atoms with Gasteiger partial charge in [0.05, 0.1) is 6.61 Å². The van der Waals surface area contributed by atoms with E-state index in [0.29, 0.717) is 25.3 Å². The van der Waals surface area contributed by atoms with Gasteiger partial charge in [0.25, 0.3) is 0 Å². The van der Waals surface area contributed by atoms with Gasteiger partial charge in [-0.1, -0.05) is 30.3 Å². The standard InChI is InChI=1S/C13H17ClO2/c14-10-4-9-13(15)16-11-5-8-12-6-2-1-3-7-12/h1-3,6-7H,4-5,8-11H2. The fraction of sp³-hybridized carbons (Fsp3) is 0.462. The van der Waals surface area contributed by atoms with Crippen LogP contribution in [-0.2, 0) is 16.0 Å². The van der Waals surface area contributed by atoms with Gasteiger partial charge in [0.2, 0.25) is 0 Å². The molecular formula is C13H17ClO2. The van der Waals surface area contributed by atoms with E-state index in [2.05, 4.69) is 12.1 Å². The van der Waals surface area contributed by atoms with Gasteiger partial charge < -0.3 is 4.74 Å². The van der Waals surface area contributed by atoms with Gasteiger partial charge in [-0.2, -0.15) is 0 Å². The summed E-state index contributed by atoms with van der Waals surface area (Å²) in [6.45, 7) is 0.496. The van der Waals surface area contributed by atoms with Crippen LogP contribution in [-0.4, -0.2) is 18.5 Å². The molecule has 0 unspecified atom stereocenters. The van der Waals surface area contributed by atoms with Gasteiger partial charge in [-0.3, -0.25) is 4.79 Å². The van der Waals surface area contributed by atoms with E-state index in [0.717, 1.165) is 12.8 Å². The van der Waals surface area contributed by atoms with Crippen LogP contribution in [0.15, 0.2) is 30.3 Å². The summed E-state index contributed by atoms with van der Waals surface area (Å²) in [7, 11) is 0. The maximum Gasteiger partial charge on any atom is 0.305 e. The first-order valence-corrected chi connectivity index (χ1v) is 6.12.